The van der Waals surface area contributed by atoms with E-state index in [1.807, 2.05) is 29.2 Å². The number of anilines is 1. The lowest BCUT2D eigenvalue weighted by molar-refractivity contribution is -0.0585. The molecule has 0 bridgehead atoms. The van der Waals surface area contributed by atoms with E-state index in [0.717, 1.165) is 37.4 Å². The first-order chi connectivity index (χ1) is 17.6. The van der Waals surface area contributed by atoms with Crippen molar-refractivity contribution < 1.29 is 14.6 Å². The van der Waals surface area contributed by atoms with Crippen molar-refractivity contribution in [1.29, 1.82) is 0 Å². The Hall–Kier alpha value is -3.35. The standard InChI is InChI=1S/C30H35N3O3/c1-21-7-3-4-8-26(21)22-9-11-23(12-10-22)29-27-19-32(17-5-6-18-33(27)28(29)20-34)30(35)31-24-13-15-25(36-2)16-14-24/h3-4,7-16,27-29,34H,5-6,17-20H2,1-2H3,(H,31,35)/t27-,28-,29-/m0/s1. The van der Waals surface area contributed by atoms with Crippen molar-refractivity contribution in [3.05, 3.63) is 83.9 Å². The molecule has 0 aliphatic carbocycles. The van der Waals surface area contributed by atoms with Gasteiger partial charge in [-0.1, -0.05) is 48.5 Å². The van der Waals surface area contributed by atoms with Crippen molar-refractivity contribution in [2.75, 3.05) is 38.7 Å². The maximum Gasteiger partial charge on any atom is 0.321 e. The molecule has 2 saturated heterocycles. The second-order valence-electron chi connectivity index (χ2n) is 9.83. The SMILES string of the molecule is COc1ccc(NC(=O)N2CCCCN3[C@@H](CO)[C@@H](c4ccc(-c5ccccc5C)cc4)[C@@H]3C2)cc1. The normalized spacial score (nSPS) is 22.1. The summed E-state index contributed by atoms with van der Waals surface area (Å²) in [5.41, 5.74) is 5.68. The number of benzene rings is 3. The van der Waals surface area contributed by atoms with Gasteiger partial charge in [-0.15, -0.1) is 0 Å². The van der Waals surface area contributed by atoms with Gasteiger partial charge in [-0.2, -0.15) is 0 Å². The smallest absolute Gasteiger partial charge is 0.321 e. The molecular formula is C30H35N3O3. The predicted octanol–water partition coefficient (Wildman–Crippen LogP) is 5.13. The highest BCUT2D eigenvalue weighted by molar-refractivity contribution is 5.89. The number of amides is 2. The van der Waals surface area contributed by atoms with E-state index in [1.165, 1.54) is 22.3 Å². The highest BCUT2D eigenvalue weighted by Crippen LogP contribution is 2.42. The molecule has 2 aliphatic rings. The van der Waals surface area contributed by atoms with Crippen molar-refractivity contribution in [3.8, 4) is 16.9 Å². The van der Waals surface area contributed by atoms with Gasteiger partial charge in [0.05, 0.1) is 13.7 Å². The Bertz CT molecular complexity index is 1180. The summed E-state index contributed by atoms with van der Waals surface area (Å²) in [6.45, 7) is 4.59. The molecule has 6 heteroatoms. The van der Waals surface area contributed by atoms with Crippen LogP contribution in [0.5, 0.6) is 5.75 Å². The number of urea groups is 1. The van der Waals surface area contributed by atoms with Gasteiger partial charge in [0.2, 0.25) is 0 Å². The van der Waals surface area contributed by atoms with Crippen LogP contribution < -0.4 is 10.1 Å². The number of rotatable bonds is 5. The van der Waals surface area contributed by atoms with Gasteiger partial charge in [0.25, 0.3) is 0 Å². The van der Waals surface area contributed by atoms with Gasteiger partial charge in [0.15, 0.2) is 0 Å². The summed E-state index contributed by atoms with van der Waals surface area (Å²) in [5.74, 6) is 0.950. The number of carbonyl (C=O) groups excluding carboxylic acids is 1. The van der Waals surface area contributed by atoms with Crippen molar-refractivity contribution in [3.63, 3.8) is 0 Å². The number of methoxy groups -OCH3 is 1. The Labute approximate surface area is 213 Å². The predicted molar refractivity (Wildman–Crippen MR) is 144 cm³/mol. The van der Waals surface area contributed by atoms with Crippen LogP contribution in [0, 0.1) is 6.92 Å². The Kier molecular flexibility index (Phi) is 7.25. The number of aryl methyl sites for hydroxylation is 1. The van der Waals surface area contributed by atoms with E-state index < -0.39 is 0 Å². The van der Waals surface area contributed by atoms with Gasteiger partial charge in [-0.3, -0.25) is 4.90 Å². The third-order valence-electron chi connectivity index (χ3n) is 7.75. The second-order valence-corrected chi connectivity index (χ2v) is 9.83. The molecule has 0 saturated carbocycles. The molecule has 0 aromatic heterocycles. The number of fused-ring (bicyclic) bond motifs is 1. The average Bonchev–Trinajstić information content (AvgIpc) is 2.89. The quantitative estimate of drug-likeness (QED) is 0.526. The van der Waals surface area contributed by atoms with Gasteiger partial charge < -0.3 is 20.1 Å². The molecule has 36 heavy (non-hydrogen) atoms. The van der Waals surface area contributed by atoms with E-state index in [2.05, 4.69) is 65.7 Å². The molecule has 2 N–H and O–H groups in total. The topological polar surface area (TPSA) is 65.0 Å². The highest BCUT2D eigenvalue weighted by atomic mass is 16.5. The lowest BCUT2D eigenvalue weighted by Gasteiger charge is -2.57. The van der Waals surface area contributed by atoms with Crippen LogP contribution >= 0.6 is 0 Å². The summed E-state index contributed by atoms with van der Waals surface area (Å²) in [4.78, 5) is 17.5. The first-order valence-electron chi connectivity index (χ1n) is 12.8. The molecule has 2 heterocycles. The Balaban J connectivity index is 1.33. The van der Waals surface area contributed by atoms with Gasteiger partial charge >= 0.3 is 6.03 Å². The van der Waals surface area contributed by atoms with E-state index in [1.54, 1.807) is 7.11 Å². The maximum absolute atomic E-state index is 13.2. The number of ether oxygens (including phenoxy) is 1. The fourth-order valence-corrected chi connectivity index (χ4v) is 5.78. The van der Waals surface area contributed by atoms with Crippen molar-refractivity contribution in [2.24, 2.45) is 0 Å². The maximum atomic E-state index is 13.2. The van der Waals surface area contributed by atoms with E-state index >= 15 is 0 Å². The van der Waals surface area contributed by atoms with Gasteiger partial charge in [0.1, 0.15) is 5.75 Å². The lowest BCUT2D eigenvalue weighted by atomic mass is 9.74. The minimum Gasteiger partial charge on any atom is -0.497 e. The first kappa shape index (κ1) is 24.3. The number of nitrogens with one attached hydrogen (secondary N) is 1. The lowest BCUT2D eigenvalue weighted by Crippen LogP contribution is -2.68. The molecule has 2 amide bonds. The molecule has 0 spiro atoms. The van der Waals surface area contributed by atoms with Gasteiger partial charge in [0, 0.05) is 36.8 Å². The van der Waals surface area contributed by atoms with Crippen LogP contribution in [0.3, 0.4) is 0 Å². The summed E-state index contributed by atoms with van der Waals surface area (Å²) < 4.78 is 5.22. The van der Waals surface area contributed by atoms with Gasteiger partial charge in [-0.05, 0) is 72.8 Å². The second kappa shape index (κ2) is 10.7. The molecule has 3 atom stereocenters. The zero-order valence-electron chi connectivity index (χ0n) is 21.1. The Morgan fingerprint density at radius 3 is 2.42 bits per heavy atom. The largest absolute Gasteiger partial charge is 0.497 e. The van der Waals surface area contributed by atoms with Crippen LogP contribution in [-0.4, -0.2) is 66.4 Å². The third kappa shape index (κ3) is 4.84. The average molecular weight is 486 g/mol. The van der Waals surface area contributed by atoms with Gasteiger partial charge in [-0.25, -0.2) is 4.79 Å². The number of hydrogen-bond acceptors (Lipinski definition) is 4. The van der Waals surface area contributed by atoms with E-state index in [4.69, 9.17) is 4.74 Å². The molecule has 2 fully saturated rings. The van der Waals surface area contributed by atoms with Crippen LogP contribution in [0.15, 0.2) is 72.8 Å². The minimum atomic E-state index is -0.0804. The van der Waals surface area contributed by atoms with Crippen LogP contribution in [0.1, 0.15) is 29.9 Å². The molecule has 3 aromatic carbocycles. The molecular weight excluding hydrogens is 450 g/mol. The summed E-state index contributed by atoms with van der Waals surface area (Å²) in [5, 5.41) is 13.3. The third-order valence-corrected chi connectivity index (χ3v) is 7.75. The fourth-order valence-electron chi connectivity index (χ4n) is 5.78. The van der Waals surface area contributed by atoms with Crippen molar-refractivity contribution in [2.45, 2.75) is 37.8 Å². The monoisotopic (exact) mass is 485 g/mol. The highest BCUT2D eigenvalue weighted by Gasteiger charge is 2.49. The molecule has 5 rings (SSSR count). The number of nitrogens with zero attached hydrogens (tertiary/aromatic N) is 2. The number of carbonyl (C=O) groups is 1. The number of hydrogen-bond donors (Lipinski definition) is 2. The van der Waals surface area contributed by atoms with Crippen LogP contribution in [0.25, 0.3) is 11.1 Å². The van der Waals surface area contributed by atoms with E-state index in [-0.39, 0.29) is 30.6 Å². The zero-order valence-corrected chi connectivity index (χ0v) is 21.1. The Morgan fingerprint density at radius 2 is 1.72 bits per heavy atom. The summed E-state index contributed by atoms with van der Waals surface area (Å²) in [6, 6.07) is 24.8. The van der Waals surface area contributed by atoms with Crippen LogP contribution in [0.2, 0.25) is 0 Å². The molecule has 2 aliphatic heterocycles. The van der Waals surface area contributed by atoms with Crippen LogP contribution in [-0.2, 0) is 0 Å². The van der Waals surface area contributed by atoms with Crippen LogP contribution in [0.4, 0.5) is 10.5 Å². The Morgan fingerprint density at radius 1 is 1.00 bits per heavy atom. The van der Waals surface area contributed by atoms with Crippen molar-refractivity contribution in [1.82, 2.24) is 9.80 Å². The molecule has 0 unspecified atom stereocenters. The number of aliphatic hydroxyl groups excluding tert-OH is 1. The zero-order chi connectivity index (χ0) is 25.1. The fraction of sp³-hybridized carbons (Fsp3) is 0.367. The van der Waals surface area contributed by atoms with E-state index in [9.17, 15) is 9.90 Å². The summed E-state index contributed by atoms with van der Waals surface area (Å²) in [7, 11) is 1.63. The van der Waals surface area contributed by atoms with Crippen molar-refractivity contribution >= 4 is 11.7 Å². The van der Waals surface area contributed by atoms with E-state index in [0.29, 0.717) is 6.54 Å². The minimum absolute atomic E-state index is 0.0804. The molecule has 6 nitrogen and oxygen atoms in total. The number of aliphatic hydroxyl groups is 1. The first-order valence-corrected chi connectivity index (χ1v) is 12.8. The summed E-state index contributed by atoms with van der Waals surface area (Å²) >= 11 is 0. The summed E-state index contributed by atoms with van der Waals surface area (Å²) in [6.07, 6.45) is 1.96. The molecule has 3 aromatic rings. The molecule has 0 radical (unpaired) electrons. The molecule has 188 valence electrons.